The SMILES string of the molecule is C[C@H]1CNCCCN1S(=O)(=O)c1cccc2c(F)cncc12. The van der Waals surface area contributed by atoms with E-state index in [1.165, 1.54) is 16.6 Å². The van der Waals surface area contributed by atoms with E-state index in [0.29, 0.717) is 18.5 Å². The predicted molar refractivity (Wildman–Crippen MR) is 82.5 cm³/mol. The minimum Gasteiger partial charge on any atom is -0.315 e. The summed E-state index contributed by atoms with van der Waals surface area (Å²) in [5, 5.41) is 3.82. The van der Waals surface area contributed by atoms with Crippen LogP contribution in [0.1, 0.15) is 13.3 Å². The Balaban J connectivity index is 2.15. The van der Waals surface area contributed by atoms with Gasteiger partial charge in [-0.15, -0.1) is 0 Å². The number of hydrogen-bond donors (Lipinski definition) is 1. The highest BCUT2D eigenvalue weighted by molar-refractivity contribution is 7.89. The average Bonchev–Trinajstić information content (AvgIpc) is 2.72. The number of benzene rings is 1. The fourth-order valence-corrected chi connectivity index (χ4v) is 4.70. The second kappa shape index (κ2) is 5.91. The molecule has 5 nitrogen and oxygen atoms in total. The first-order chi connectivity index (χ1) is 10.5. The molecule has 0 amide bonds. The van der Waals surface area contributed by atoms with Crippen LogP contribution in [0.5, 0.6) is 0 Å². The van der Waals surface area contributed by atoms with Crippen molar-refractivity contribution in [3.63, 3.8) is 0 Å². The summed E-state index contributed by atoms with van der Waals surface area (Å²) in [7, 11) is -3.69. The largest absolute Gasteiger partial charge is 0.315 e. The van der Waals surface area contributed by atoms with Gasteiger partial charge in [0.25, 0.3) is 0 Å². The Labute approximate surface area is 129 Å². The minimum atomic E-state index is -3.69. The van der Waals surface area contributed by atoms with Gasteiger partial charge in [0.15, 0.2) is 0 Å². The van der Waals surface area contributed by atoms with Crippen molar-refractivity contribution in [2.45, 2.75) is 24.3 Å². The van der Waals surface area contributed by atoms with Crippen LogP contribution in [-0.4, -0.2) is 43.4 Å². The Morgan fingerprint density at radius 3 is 2.95 bits per heavy atom. The highest BCUT2D eigenvalue weighted by Gasteiger charge is 2.31. The molecule has 1 aliphatic heterocycles. The lowest BCUT2D eigenvalue weighted by atomic mass is 10.2. The zero-order valence-corrected chi connectivity index (χ0v) is 13.1. The summed E-state index contributed by atoms with van der Waals surface area (Å²) < 4.78 is 41.4. The van der Waals surface area contributed by atoms with E-state index in [9.17, 15) is 12.8 Å². The highest BCUT2D eigenvalue weighted by Crippen LogP contribution is 2.28. The van der Waals surface area contributed by atoms with Crippen LogP contribution in [0.2, 0.25) is 0 Å². The standard InChI is InChI=1S/C15H18FN3O2S/c1-11-8-17-6-3-7-19(11)22(20,21)15-5-2-4-12-13(15)9-18-10-14(12)16/h2,4-5,9-11,17H,3,6-8H2,1H3/t11-/m0/s1. The Bertz CT molecular complexity index is 794. The van der Waals surface area contributed by atoms with Crippen molar-refractivity contribution in [3.05, 3.63) is 36.4 Å². The molecule has 1 aromatic carbocycles. The Morgan fingerprint density at radius 1 is 1.32 bits per heavy atom. The maximum Gasteiger partial charge on any atom is 0.244 e. The van der Waals surface area contributed by atoms with Crippen molar-refractivity contribution >= 4 is 20.8 Å². The van der Waals surface area contributed by atoms with Gasteiger partial charge >= 0.3 is 0 Å². The zero-order valence-electron chi connectivity index (χ0n) is 12.3. The number of halogens is 1. The molecule has 1 N–H and O–H groups in total. The van der Waals surface area contributed by atoms with Crippen LogP contribution >= 0.6 is 0 Å². The van der Waals surface area contributed by atoms with E-state index in [-0.39, 0.29) is 16.3 Å². The molecule has 7 heteroatoms. The van der Waals surface area contributed by atoms with Crippen LogP contribution in [0.3, 0.4) is 0 Å². The van der Waals surface area contributed by atoms with Gasteiger partial charge in [-0.2, -0.15) is 4.31 Å². The van der Waals surface area contributed by atoms with E-state index in [2.05, 4.69) is 10.3 Å². The molecule has 1 aromatic heterocycles. The number of nitrogens with zero attached hydrogens (tertiary/aromatic N) is 2. The van der Waals surface area contributed by atoms with Crippen LogP contribution in [0.4, 0.5) is 4.39 Å². The smallest absolute Gasteiger partial charge is 0.244 e. The van der Waals surface area contributed by atoms with Crippen molar-refractivity contribution < 1.29 is 12.8 Å². The maximum absolute atomic E-state index is 13.9. The van der Waals surface area contributed by atoms with Gasteiger partial charge in [-0.1, -0.05) is 12.1 Å². The molecular formula is C15H18FN3O2S. The molecule has 0 unspecified atom stereocenters. The summed E-state index contributed by atoms with van der Waals surface area (Å²) in [6.45, 7) is 3.73. The first-order valence-electron chi connectivity index (χ1n) is 7.26. The molecule has 0 bridgehead atoms. The lowest BCUT2D eigenvalue weighted by Crippen LogP contribution is -2.41. The molecule has 0 radical (unpaired) electrons. The van der Waals surface area contributed by atoms with Crippen molar-refractivity contribution in [2.75, 3.05) is 19.6 Å². The van der Waals surface area contributed by atoms with E-state index >= 15 is 0 Å². The van der Waals surface area contributed by atoms with Gasteiger partial charge in [0, 0.05) is 36.1 Å². The van der Waals surface area contributed by atoms with Gasteiger partial charge < -0.3 is 5.32 Å². The normalized spacial score (nSPS) is 20.9. The number of pyridine rings is 1. The summed E-state index contributed by atoms with van der Waals surface area (Å²) in [4.78, 5) is 3.92. The van der Waals surface area contributed by atoms with Crippen LogP contribution in [0.25, 0.3) is 10.8 Å². The molecule has 118 valence electrons. The van der Waals surface area contributed by atoms with Gasteiger partial charge in [0.2, 0.25) is 10.0 Å². The van der Waals surface area contributed by atoms with Crippen molar-refractivity contribution in [1.29, 1.82) is 0 Å². The summed E-state index contributed by atoms with van der Waals surface area (Å²) >= 11 is 0. The number of fused-ring (bicyclic) bond motifs is 1. The molecule has 1 aliphatic rings. The van der Waals surface area contributed by atoms with Crippen molar-refractivity contribution in [1.82, 2.24) is 14.6 Å². The number of rotatable bonds is 2. The van der Waals surface area contributed by atoms with Gasteiger partial charge in [0.1, 0.15) is 5.82 Å². The molecule has 0 saturated carbocycles. The topological polar surface area (TPSA) is 62.3 Å². The summed E-state index contributed by atoms with van der Waals surface area (Å²) in [6, 6.07) is 4.51. The third-order valence-corrected chi connectivity index (χ3v) is 6.04. The monoisotopic (exact) mass is 323 g/mol. The van der Waals surface area contributed by atoms with E-state index in [0.717, 1.165) is 19.2 Å². The lowest BCUT2D eigenvalue weighted by Gasteiger charge is -2.26. The first kappa shape index (κ1) is 15.3. The van der Waals surface area contributed by atoms with Gasteiger partial charge in [-0.3, -0.25) is 4.98 Å². The third-order valence-electron chi connectivity index (χ3n) is 3.96. The molecule has 2 heterocycles. The van der Waals surface area contributed by atoms with Crippen LogP contribution in [-0.2, 0) is 10.0 Å². The quantitative estimate of drug-likeness (QED) is 0.914. The summed E-state index contributed by atoms with van der Waals surface area (Å²) in [5.74, 6) is -0.514. The molecule has 22 heavy (non-hydrogen) atoms. The number of sulfonamides is 1. The fraction of sp³-hybridized carbons (Fsp3) is 0.400. The number of hydrogen-bond acceptors (Lipinski definition) is 4. The average molecular weight is 323 g/mol. The summed E-state index contributed by atoms with van der Waals surface area (Å²) in [5.41, 5.74) is 0. The maximum atomic E-state index is 13.9. The molecule has 0 spiro atoms. The van der Waals surface area contributed by atoms with Gasteiger partial charge in [-0.05, 0) is 26.0 Å². The summed E-state index contributed by atoms with van der Waals surface area (Å²) in [6.07, 6.45) is 3.25. The minimum absolute atomic E-state index is 0.116. The molecule has 1 fully saturated rings. The lowest BCUT2D eigenvalue weighted by molar-refractivity contribution is 0.354. The highest BCUT2D eigenvalue weighted by atomic mass is 32.2. The molecule has 0 aliphatic carbocycles. The van der Waals surface area contributed by atoms with Crippen LogP contribution in [0, 0.1) is 5.82 Å². The zero-order chi connectivity index (χ0) is 15.7. The molecule has 1 atom stereocenters. The van der Waals surface area contributed by atoms with Gasteiger partial charge in [0.05, 0.1) is 11.1 Å². The van der Waals surface area contributed by atoms with E-state index < -0.39 is 15.8 Å². The van der Waals surface area contributed by atoms with E-state index in [1.54, 1.807) is 12.1 Å². The molecular weight excluding hydrogens is 305 g/mol. The van der Waals surface area contributed by atoms with Crippen LogP contribution in [0.15, 0.2) is 35.5 Å². The Hall–Kier alpha value is -1.57. The second-order valence-electron chi connectivity index (χ2n) is 5.50. The van der Waals surface area contributed by atoms with Crippen molar-refractivity contribution in [2.24, 2.45) is 0 Å². The fourth-order valence-electron chi connectivity index (χ4n) is 2.83. The van der Waals surface area contributed by atoms with Gasteiger partial charge in [-0.25, -0.2) is 12.8 Å². The molecule has 2 aromatic rings. The number of aromatic nitrogens is 1. The van der Waals surface area contributed by atoms with Crippen LogP contribution < -0.4 is 5.32 Å². The Kier molecular flexibility index (Phi) is 4.12. The predicted octanol–water partition coefficient (Wildman–Crippen LogP) is 1.75. The molecule has 1 saturated heterocycles. The Morgan fingerprint density at radius 2 is 2.14 bits per heavy atom. The first-order valence-corrected chi connectivity index (χ1v) is 8.70. The van der Waals surface area contributed by atoms with Crippen molar-refractivity contribution in [3.8, 4) is 0 Å². The third kappa shape index (κ3) is 2.60. The van der Waals surface area contributed by atoms with E-state index in [4.69, 9.17) is 0 Å². The molecule has 3 rings (SSSR count). The van der Waals surface area contributed by atoms with E-state index in [1.807, 2.05) is 6.92 Å². The number of nitrogens with one attached hydrogen (secondary N) is 1. The second-order valence-corrected chi connectivity index (χ2v) is 7.35.